The molecule has 0 aliphatic carbocycles. The van der Waals surface area contributed by atoms with Crippen molar-refractivity contribution in [2.24, 2.45) is 0 Å². The lowest BCUT2D eigenvalue weighted by atomic mass is 10.0. The molecule has 1 atom stereocenters. The minimum absolute atomic E-state index is 0.116. The van der Waals surface area contributed by atoms with Crippen LogP contribution >= 0.6 is 0 Å². The highest BCUT2D eigenvalue weighted by Gasteiger charge is 2.30. The predicted octanol–water partition coefficient (Wildman–Crippen LogP) is 3.07. The van der Waals surface area contributed by atoms with Crippen molar-refractivity contribution in [2.45, 2.75) is 51.6 Å². The monoisotopic (exact) mass is 401 g/mol. The molecule has 3 rings (SSSR count). The minimum Gasteiger partial charge on any atom is -0.467 e. The number of hydrogen-bond donors (Lipinski definition) is 3. The smallest absolute Gasteiger partial charge is 0.404 e. The Kier molecular flexibility index (Phi) is 6.69. The van der Waals surface area contributed by atoms with Gasteiger partial charge in [-0.3, -0.25) is 4.79 Å². The summed E-state index contributed by atoms with van der Waals surface area (Å²) in [5, 5.41) is 14.5. The molecule has 2 amide bonds. The molecule has 156 valence electrons. The van der Waals surface area contributed by atoms with Gasteiger partial charge in [0.1, 0.15) is 23.0 Å². The van der Waals surface area contributed by atoms with Crippen LogP contribution in [0.25, 0.3) is 0 Å². The number of furan rings is 1. The van der Waals surface area contributed by atoms with Crippen molar-refractivity contribution >= 4 is 17.8 Å². The third kappa shape index (κ3) is 5.24. The highest BCUT2D eigenvalue weighted by atomic mass is 16.4. The zero-order chi connectivity index (χ0) is 20.8. The van der Waals surface area contributed by atoms with Crippen LogP contribution in [0.1, 0.15) is 61.0 Å². The second-order valence-electron chi connectivity index (χ2n) is 7.41. The maximum atomic E-state index is 13.3. The quantitative estimate of drug-likeness (QED) is 0.652. The molecular formula is C20H27N5O4. The van der Waals surface area contributed by atoms with Crippen molar-refractivity contribution in [1.29, 1.82) is 0 Å². The Bertz CT molecular complexity index is 837. The average molecular weight is 401 g/mol. The van der Waals surface area contributed by atoms with Gasteiger partial charge >= 0.3 is 6.09 Å². The number of piperidine rings is 1. The molecule has 0 saturated carbocycles. The second-order valence-corrected chi connectivity index (χ2v) is 7.41. The van der Waals surface area contributed by atoms with Crippen molar-refractivity contribution in [3.05, 3.63) is 41.7 Å². The number of amides is 2. The van der Waals surface area contributed by atoms with Gasteiger partial charge in [0, 0.05) is 31.2 Å². The summed E-state index contributed by atoms with van der Waals surface area (Å²) in [7, 11) is 0. The molecule has 0 radical (unpaired) electrons. The summed E-state index contributed by atoms with van der Waals surface area (Å²) in [5.41, 5.74) is 0.378. The molecule has 3 heterocycles. The van der Waals surface area contributed by atoms with E-state index < -0.39 is 6.09 Å². The van der Waals surface area contributed by atoms with Gasteiger partial charge in [-0.15, -0.1) is 0 Å². The Balaban J connectivity index is 1.84. The normalized spacial score (nSPS) is 16.7. The first-order valence-corrected chi connectivity index (χ1v) is 9.86. The van der Waals surface area contributed by atoms with Gasteiger partial charge in [-0.1, -0.05) is 13.8 Å². The van der Waals surface area contributed by atoms with Gasteiger partial charge in [0.05, 0.1) is 12.8 Å². The zero-order valence-corrected chi connectivity index (χ0v) is 16.7. The molecule has 1 unspecified atom stereocenters. The van der Waals surface area contributed by atoms with E-state index in [-0.39, 0.29) is 24.4 Å². The highest BCUT2D eigenvalue weighted by molar-refractivity contribution is 5.98. The Morgan fingerprint density at radius 3 is 2.90 bits per heavy atom. The zero-order valence-electron chi connectivity index (χ0n) is 16.7. The van der Waals surface area contributed by atoms with Crippen molar-refractivity contribution in [3.63, 3.8) is 0 Å². The van der Waals surface area contributed by atoms with E-state index in [0.717, 1.165) is 25.0 Å². The summed E-state index contributed by atoms with van der Waals surface area (Å²) in [6.07, 6.45) is 4.67. The molecule has 2 aromatic rings. The van der Waals surface area contributed by atoms with E-state index in [1.54, 1.807) is 23.4 Å². The number of aromatic nitrogens is 2. The molecule has 0 spiro atoms. The molecule has 1 aliphatic heterocycles. The number of nitrogens with zero attached hydrogens (tertiary/aromatic N) is 3. The number of likely N-dealkylation sites (tertiary alicyclic amines) is 1. The molecule has 1 saturated heterocycles. The number of anilines is 1. The predicted molar refractivity (Wildman–Crippen MR) is 107 cm³/mol. The van der Waals surface area contributed by atoms with E-state index in [9.17, 15) is 9.59 Å². The first-order chi connectivity index (χ1) is 14.0. The Morgan fingerprint density at radius 1 is 1.38 bits per heavy atom. The fourth-order valence-electron chi connectivity index (χ4n) is 3.39. The number of carbonyl (C=O) groups is 2. The van der Waals surface area contributed by atoms with Crippen LogP contribution in [-0.2, 0) is 6.54 Å². The second kappa shape index (κ2) is 9.40. The average Bonchev–Trinajstić information content (AvgIpc) is 3.24. The lowest BCUT2D eigenvalue weighted by Crippen LogP contribution is -2.49. The van der Waals surface area contributed by atoms with Gasteiger partial charge in [0.25, 0.3) is 5.91 Å². The van der Waals surface area contributed by atoms with Gasteiger partial charge < -0.3 is 25.1 Å². The molecule has 2 aromatic heterocycles. The minimum atomic E-state index is -1.09. The maximum Gasteiger partial charge on any atom is 0.404 e. The Morgan fingerprint density at radius 2 is 2.21 bits per heavy atom. The van der Waals surface area contributed by atoms with Crippen LogP contribution in [0.2, 0.25) is 0 Å². The molecular weight excluding hydrogens is 374 g/mol. The fourth-order valence-corrected chi connectivity index (χ4v) is 3.39. The van der Waals surface area contributed by atoms with Crippen molar-refractivity contribution < 1.29 is 19.1 Å². The molecule has 29 heavy (non-hydrogen) atoms. The SMILES string of the molecule is CC(C)c1ncc(C(=O)N2CCCCC2CNC(=O)O)c(NCc2ccco2)n1. The molecule has 0 bridgehead atoms. The number of nitrogens with one attached hydrogen (secondary N) is 2. The Hall–Kier alpha value is -3.10. The number of hydrogen-bond acceptors (Lipinski definition) is 6. The van der Waals surface area contributed by atoms with Gasteiger partial charge in [0.2, 0.25) is 0 Å². The van der Waals surface area contributed by atoms with E-state index in [2.05, 4.69) is 20.6 Å². The lowest BCUT2D eigenvalue weighted by molar-refractivity contribution is 0.0611. The largest absolute Gasteiger partial charge is 0.467 e. The van der Waals surface area contributed by atoms with Crippen LogP contribution in [-0.4, -0.2) is 51.1 Å². The summed E-state index contributed by atoms with van der Waals surface area (Å²) in [6.45, 7) is 5.16. The molecule has 9 heteroatoms. The summed E-state index contributed by atoms with van der Waals surface area (Å²) in [5.74, 6) is 1.76. The number of carboxylic acid groups (broad SMARTS) is 1. The summed E-state index contributed by atoms with van der Waals surface area (Å²) in [6, 6.07) is 3.46. The van der Waals surface area contributed by atoms with Crippen molar-refractivity contribution in [3.8, 4) is 0 Å². The number of carbonyl (C=O) groups excluding carboxylic acids is 1. The molecule has 0 aromatic carbocycles. The summed E-state index contributed by atoms with van der Waals surface area (Å²) in [4.78, 5) is 34.9. The standard InChI is InChI=1S/C20H27N5O4/c1-13(2)17-22-12-16(18(24-17)21-11-15-7-5-9-29-15)19(26)25-8-4-3-6-14(25)10-23-20(27)28/h5,7,9,12-14,23H,3-4,6,8,10-11H2,1-2H3,(H,27,28)(H,21,22,24). The van der Waals surface area contributed by atoms with Crippen LogP contribution in [0, 0.1) is 0 Å². The molecule has 9 nitrogen and oxygen atoms in total. The van der Waals surface area contributed by atoms with Gasteiger partial charge in [-0.2, -0.15) is 0 Å². The first kappa shape index (κ1) is 20.6. The first-order valence-electron chi connectivity index (χ1n) is 9.86. The summed E-state index contributed by atoms with van der Waals surface area (Å²) < 4.78 is 5.36. The Labute approximate surface area is 169 Å². The lowest BCUT2D eigenvalue weighted by Gasteiger charge is -2.36. The molecule has 1 aliphatic rings. The van der Waals surface area contributed by atoms with Crippen LogP contribution in [0.15, 0.2) is 29.0 Å². The topological polar surface area (TPSA) is 121 Å². The van der Waals surface area contributed by atoms with Gasteiger partial charge in [-0.25, -0.2) is 14.8 Å². The van der Waals surface area contributed by atoms with Gasteiger partial charge in [0.15, 0.2) is 0 Å². The molecule has 1 fully saturated rings. The maximum absolute atomic E-state index is 13.3. The van der Waals surface area contributed by atoms with Crippen LogP contribution in [0.3, 0.4) is 0 Å². The van der Waals surface area contributed by atoms with Crippen LogP contribution in [0.5, 0.6) is 0 Å². The third-order valence-electron chi connectivity index (χ3n) is 4.94. The van der Waals surface area contributed by atoms with E-state index >= 15 is 0 Å². The van der Waals surface area contributed by atoms with Crippen LogP contribution in [0.4, 0.5) is 10.6 Å². The van der Waals surface area contributed by atoms with E-state index in [1.807, 2.05) is 19.9 Å². The van der Waals surface area contributed by atoms with Crippen molar-refractivity contribution in [2.75, 3.05) is 18.4 Å². The third-order valence-corrected chi connectivity index (χ3v) is 4.94. The van der Waals surface area contributed by atoms with E-state index in [4.69, 9.17) is 9.52 Å². The molecule has 3 N–H and O–H groups in total. The van der Waals surface area contributed by atoms with E-state index in [0.29, 0.717) is 30.3 Å². The summed E-state index contributed by atoms with van der Waals surface area (Å²) >= 11 is 0. The van der Waals surface area contributed by atoms with Crippen LogP contribution < -0.4 is 10.6 Å². The van der Waals surface area contributed by atoms with Gasteiger partial charge in [-0.05, 0) is 31.4 Å². The number of rotatable bonds is 7. The van der Waals surface area contributed by atoms with Crippen molar-refractivity contribution in [1.82, 2.24) is 20.2 Å². The highest BCUT2D eigenvalue weighted by Crippen LogP contribution is 2.24. The fraction of sp³-hybridized carbons (Fsp3) is 0.500. The van der Waals surface area contributed by atoms with E-state index in [1.165, 1.54) is 0 Å².